The number of carbonyl (C=O) groups excluding carboxylic acids is 3. The number of benzene rings is 1. The fourth-order valence-corrected chi connectivity index (χ4v) is 2.64. The van der Waals surface area contributed by atoms with Gasteiger partial charge < -0.3 is 14.2 Å². The molecule has 28 heavy (non-hydrogen) atoms. The van der Waals surface area contributed by atoms with Crippen LogP contribution in [0.15, 0.2) is 0 Å². The van der Waals surface area contributed by atoms with Gasteiger partial charge in [-0.25, -0.2) is 18.8 Å². The van der Waals surface area contributed by atoms with Crippen LogP contribution in [0.5, 0.6) is 0 Å². The largest absolute Gasteiger partial charge is 0.465 e. The first-order chi connectivity index (χ1) is 13.0. The first kappa shape index (κ1) is 23.3. The molecule has 0 radical (unpaired) electrons. The van der Waals surface area contributed by atoms with Crippen molar-refractivity contribution in [1.82, 2.24) is 0 Å². The second-order valence-corrected chi connectivity index (χ2v) is 11.5. The minimum absolute atomic E-state index is 0.0926. The van der Waals surface area contributed by atoms with Crippen LogP contribution in [0.4, 0.5) is 25.4 Å². The third kappa shape index (κ3) is 5.61. The molecule has 0 atom stereocenters. The van der Waals surface area contributed by atoms with Gasteiger partial charge in [0.2, 0.25) is 0 Å². The second-order valence-electron chi connectivity index (χ2n) is 6.35. The smallest absolute Gasteiger partial charge is 0.411 e. The van der Waals surface area contributed by atoms with E-state index in [-0.39, 0.29) is 16.9 Å². The molecule has 152 valence electrons. The predicted octanol–water partition coefficient (Wildman–Crippen LogP) is 3.85. The maximum atomic E-state index is 14.9. The van der Waals surface area contributed by atoms with Crippen LogP contribution in [0.1, 0.15) is 15.9 Å². The van der Waals surface area contributed by atoms with E-state index in [4.69, 9.17) is 11.6 Å². The van der Waals surface area contributed by atoms with E-state index in [2.05, 4.69) is 36.3 Å². The zero-order chi connectivity index (χ0) is 21.6. The number of rotatable bonds is 3. The van der Waals surface area contributed by atoms with Crippen LogP contribution in [0, 0.1) is 17.3 Å². The molecular weight excluding hydrogens is 411 g/mol. The minimum atomic E-state index is -1.97. The van der Waals surface area contributed by atoms with E-state index < -0.39 is 42.6 Å². The lowest BCUT2D eigenvalue weighted by molar-refractivity contribution is 0.0596. The first-order valence-corrected chi connectivity index (χ1v) is 11.7. The molecule has 0 saturated heterocycles. The van der Waals surface area contributed by atoms with Crippen LogP contribution in [0.2, 0.25) is 24.7 Å². The minimum Gasteiger partial charge on any atom is -0.465 e. The van der Waals surface area contributed by atoms with Crippen molar-refractivity contribution in [2.24, 2.45) is 0 Å². The summed E-state index contributed by atoms with van der Waals surface area (Å²) in [5, 5.41) is 3.90. The second kappa shape index (κ2) is 9.43. The summed E-state index contributed by atoms with van der Waals surface area (Å²) in [6, 6.07) is 0. The van der Waals surface area contributed by atoms with Gasteiger partial charge in [-0.3, -0.25) is 10.6 Å². The molecule has 0 fully saturated rings. The summed E-state index contributed by atoms with van der Waals surface area (Å²) in [4.78, 5) is 35.7. The average molecular weight is 431 g/mol. The van der Waals surface area contributed by atoms with Gasteiger partial charge in [0, 0.05) is 0 Å². The van der Waals surface area contributed by atoms with Gasteiger partial charge in [0.05, 0.1) is 38.3 Å². The number of carbonyl (C=O) groups is 3. The molecule has 0 spiro atoms. The van der Waals surface area contributed by atoms with Crippen LogP contribution in [0.3, 0.4) is 0 Å². The van der Waals surface area contributed by atoms with Crippen LogP contribution in [-0.2, 0) is 14.2 Å². The fourth-order valence-electron chi connectivity index (χ4n) is 1.91. The van der Waals surface area contributed by atoms with E-state index in [1.165, 1.54) is 0 Å². The molecule has 11 heteroatoms. The normalized spacial score (nSPS) is 10.3. The molecule has 0 heterocycles. The lowest BCUT2D eigenvalue weighted by Gasteiger charge is -2.18. The van der Waals surface area contributed by atoms with E-state index in [0.29, 0.717) is 0 Å². The third-order valence-electron chi connectivity index (χ3n) is 3.16. The number of hydrogen-bond acceptors (Lipinski definition) is 6. The van der Waals surface area contributed by atoms with E-state index in [1.54, 1.807) is 0 Å². The first-order valence-electron chi connectivity index (χ1n) is 7.83. The Balaban J connectivity index is 3.99. The number of halogens is 2. The Morgan fingerprint density at radius 3 is 1.89 bits per heavy atom. The molecular formula is C17H20ClFN2O6Si. The predicted molar refractivity (Wildman–Crippen MR) is 105 cm³/mol. The van der Waals surface area contributed by atoms with Gasteiger partial charge in [0.1, 0.15) is 18.7 Å². The van der Waals surface area contributed by atoms with Gasteiger partial charge in [-0.2, -0.15) is 0 Å². The Morgan fingerprint density at radius 1 is 0.964 bits per heavy atom. The third-order valence-corrected chi connectivity index (χ3v) is 4.39. The van der Waals surface area contributed by atoms with Crippen molar-refractivity contribution in [2.45, 2.75) is 19.6 Å². The zero-order valence-corrected chi connectivity index (χ0v) is 18.0. The molecule has 0 aliphatic heterocycles. The van der Waals surface area contributed by atoms with Gasteiger partial charge in [0.25, 0.3) is 0 Å². The SMILES string of the molecule is COC(=O)Nc1c(Cl)c(F)c(C(=O)OC)c(NC(=O)OC)c1C#C[Si](C)(C)C. The summed E-state index contributed by atoms with van der Waals surface area (Å²) in [6.07, 6.45) is -1.95. The molecule has 1 aromatic rings. The Hall–Kier alpha value is -2.77. The van der Waals surface area contributed by atoms with E-state index in [0.717, 1.165) is 21.3 Å². The lowest BCUT2D eigenvalue weighted by atomic mass is 10.0. The summed E-state index contributed by atoms with van der Waals surface area (Å²) < 4.78 is 28.5. The Bertz CT molecular complexity index is 873. The number of ether oxygens (including phenoxy) is 3. The van der Waals surface area contributed by atoms with Gasteiger partial charge in [-0.15, -0.1) is 5.54 Å². The van der Waals surface area contributed by atoms with Crippen LogP contribution < -0.4 is 10.6 Å². The average Bonchev–Trinajstić information content (AvgIpc) is 2.63. The molecule has 0 aliphatic carbocycles. The molecule has 0 saturated carbocycles. The summed E-state index contributed by atoms with van der Waals surface area (Å²) in [5.74, 6) is 0.458. The maximum absolute atomic E-state index is 14.9. The monoisotopic (exact) mass is 430 g/mol. The summed E-state index contributed by atoms with van der Waals surface area (Å²) >= 11 is 6.04. The van der Waals surface area contributed by atoms with Gasteiger partial charge in [0.15, 0.2) is 5.82 Å². The molecule has 0 bridgehead atoms. The highest BCUT2D eigenvalue weighted by Crippen LogP contribution is 2.38. The van der Waals surface area contributed by atoms with Crippen molar-refractivity contribution in [1.29, 1.82) is 0 Å². The fraction of sp³-hybridized carbons (Fsp3) is 0.353. The topological polar surface area (TPSA) is 103 Å². The highest BCUT2D eigenvalue weighted by molar-refractivity contribution is 6.83. The number of anilines is 2. The van der Waals surface area contributed by atoms with Crippen molar-refractivity contribution in [3.63, 3.8) is 0 Å². The van der Waals surface area contributed by atoms with Crippen molar-refractivity contribution in [3.8, 4) is 11.5 Å². The number of hydrogen-bond donors (Lipinski definition) is 2. The molecule has 2 N–H and O–H groups in total. The van der Waals surface area contributed by atoms with Crippen LogP contribution >= 0.6 is 11.6 Å². The number of methoxy groups -OCH3 is 3. The standard InChI is InChI=1S/C17H20ClFN2O6Si/c1-25-15(22)10-12(19)11(18)14(21-17(24)27-3)9(7-8-28(4,5)6)13(10)20-16(23)26-2/h1-6H3,(H,20,23)(H,21,24). The zero-order valence-electron chi connectivity index (χ0n) is 16.2. The number of nitrogens with one attached hydrogen (secondary N) is 2. The van der Waals surface area contributed by atoms with E-state index >= 15 is 0 Å². The number of esters is 1. The quantitative estimate of drug-likeness (QED) is 0.327. The Morgan fingerprint density at radius 2 is 1.46 bits per heavy atom. The summed E-state index contributed by atoms with van der Waals surface area (Å²) in [6.45, 7) is 5.81. The maximum Gasteiger partial charge on any atom is 0.411 e. The lowest BCUT2D eigenvalue weighted by Crippen LogP contribution is -2.21. The highest BCUT2D eigenvalue weighted by atomic mass is 35.5. The van der Waals surface area contributed by atoms with Crippen molar-refractivity contribution >= 4 is 49.2 Å². The van der Waals surface area contributed by atoms with E-state index in [9.17, 15) is 18.8 Å². The van der Waals surface area contributed by atoms with E-state index in [1.807, 2.05) is 19.6 Å². The molecule has 0 aliphatic rings. The van der Waals surface area contributed by atoms with Gasteiger partial charge >= 0.3 is 18.2 Å². The Kier molecular flexibility index (Phi) is 7.84. The molecule has 0 aromatic heterocycles. The van der Waals surface area contributed by atoms with Crippen molar-refractivity contribution < 1.29 is 33.0 Å². The molecule has 1 aromatic carbocycles. The molecule has 0 unspecified atom stereocenters. The van der Waals surface area contributed by atoms with Gasteiger partial charge in [-0.1, -0.05) is 37.2 Å². The van der Waals surface area contributed by atoms with Crippen molar-refractivity contribution in [2.75, 3.05) is 32.0 Å². The number of amides is 2. The summed E-state index contributed by atoms with van der Waals surface area (Å²) in [5.41, 5.74) is 1.64. The highest BCUT2D eigenvalue weighted by Gasteiger charge is 2.30. The summed E-state index contributed by atoms with van der Waals surface area (Å²) in [7, 11) is 1.25. The molecule has 1 rings (SSSR count). The van der Waals surface area contributed by atoms with Crippen LogP contribution in [-0.4, -0.2) is 47.6 Å². The molecule has 2 amide bonds. The molecule has 8 nitrogen and oxygen atoms in total. The van der Waals surface area contributed by atoms with Crippen LogP contribution in [0.25, 0.3) is 0 Å². The Labute approximate surface area is 167 Å². The van der Waals surface area contributed by atoms with Gasteiger partial charge in [-0.05, 0) is 0 Å². The van der Waals surface area contributed by atoms with Crippen molar-refractivity contribution in [3.05, 3.63) is 22.0 Å².